The number of carbonyl (C=O) groups is 4. The quantitative estimate of drug-likeness (QED) is 0.155. The number of rotatable bonds is 6. The van der Waals surface area contributed by atoms with E-state index in [1.54, 1.807) is 121 Å². The minimum atomic E-state index is -0.560. The van der Waals surface area contributed by atoms with Crippen molar-refractivity contribution in [3.63, 3.8) is 0 Å². The van der Waals surface area contributed by atoms with E-state index in [1.165, 1.54) is 0 Å². The molecule has 4 N–H and O–H groups in total. The van der Waals surface area contributed by atoms with E-state index in [2.05, 4.69) is 37.2 Å². The molecule has 4 rings (SSSR count). The second-order valence-corrected chi connectivity index (χ2v) is 12.6. The molecule has 0 aliphatic carbocycles. The summed E-state index contributed by atoms with van der Waals surface area (Å²) < 4.78 is 21.2. The molecule has 0 aliphatic heterocycles. The lowest BCUT2D eigenvalue weighted by molar-refractivity contribution is 0.0624. The molecule has 12 nitrogen and oxygen atoms in total. The number of hydrogen-bond donors (Lipinski definition) is 4. The highest BCUT2D eigenvalue weighted by molar-refractivity contribution is 9.10. The summed E-state index contributed by atoms with van der Waals surface area (Å²) >= 11 is 3.14. The van der Waals surface area contributed by atoms with Gasteiger partial charge in [-0.2, -0.15) is 0 Å². The minimum absolute atomic E-state index is 0.202. The van der Waals surface area contributed by atoms with Crippen LogP contribution in [0.15, 0.2) is 86.3 Å². The first kappa shape index (κ1) is 35.4. The Balaban J connectivity index is 0.000000250. The van der Waals surface area contributed by atoms with E-state index in [9.17, 15) is 19.2 Å². The first-order chi connectivity index (χ1) is 21.5. The van der Waals surface area contributed by atoms with Crippen molar-refractivity contribution < 1.29 is 37.5 Å². The van der Waals surface area contributed by atoms with Crippen LogP contribution in [0.2, 0.25) is 0 Å². The zero-order chi connectivity index (χ0) is 34.1. The van der Waals surface area contributed by atoms with Crippen molar-refractivity contribution in [1.29, 1.82) is 0 Å². The fourth-order valence-electron chi connectivity index (χ4n) is 3.49. The summed E-state index contributed by atoms with van der Waals surface area (Å²) in [6.45, 7) is 12.5. The Morgan fingerprint density at radius 1 is 0.543 bits per heavy atom. The Hall–Kier alpha value is -5.04. The fraction of sp³-hybridized carbons (Fsp3) is 0.273. The summed E-state index contributed by atoms with van der Waals surface area (Å²) in [5.74, 6) is 0.438. The maximum Gasteiger partial charge on any atom is 0.412 e. The number of furan rings is 2. The van der Waals surface area contributed by atoms with Crippen molar-refractivity contribution in [2.75, 3.05) is 21.3 Å². The highest BCUT2D eigenvalue weighted by Gasteiger charge is 2.17. The standard InChI is InChI=1S/C17H20N2O4.C16H17BrN2O4/c1-11-5-10-14(22-11)15(20)18-12-6-8-13(9-7-12)19-16(21)23-17(2,3)4;1-16(2,3)23-15(21)19-11-6-4-10(5-7-11)18-14(20)12-8-9-13(17)22-12/h5-10H,1-4H3,(H,18,20)(H,19,21);4-9H,1-3H3,(H,18,20)(H,19,21). The maximum absolute atomic E-state index is 12.0. The van der Waals surface area contributed by atoms with E-state index in [4.69, 9.17) is 18.3 Å². The Kier molecular flexibility index (Phi) is 11.8. The molecule has 0 atom stereocenters. The van der Waals surface area contributed by atoms with Gasteiger partial charge < -0.3 is 28.9 Å². The third kappa shape index (κ3) is 12.5. The molecule has 244 valence electrons. The smallest absolute Gasteiger partial charge is 0.412 e. The molecule has 2 aromatic heterocycles. The molecule has 0 saturated heterocycles. The van der Waals surface area contributed by atoms with Crippen LogP contribution in [0.25, 0.3) is 0 Å². The summed E-state index contributed by atoms with van der Waals surface area (Å²) in [5, 5.41) is 10.6. The van der Waals surface area contributed by atoms with E-state index < -0.39 is 23.4 Å². The number of hydrogen-bond acceptors (Lipinski definition) is 8. The van der Waals surface area contributed by atoms with Gasteiger partial charge in [0, 0.05) is 22.7 Å². The molecule has 4 amide bonds. The van der Waals surface area contributed by atoms with E-state index in [-0.39, 0.29) is 23.3 Å². The molecular weight excluding hydrogens is 660 g/mol. The van der Waals surface area contributed by atoms with Gasteiger partial charge in [-0.05, 0) is 137 Å². The van der Waals surface area contributed by atoms with Gasteiger partial charge >= 0.3 is 12.2 Å². The molecule has 0 spiro atoms. The number of benzene rings is 2. The number of aryl methyl sites for hydroxylation is 1. The predicted octanol–water partition coefficient (Wildman–Crippen LogP) is 8.83. The van der Waals surface area contributed by atoms with Crippen molar-refractivity contribution >= 4 is 62.7 Å². The molecular formula is C33H37BrN4O8. The van der Waals surface area contributed by atoms with Crippen LogP contribution < -0.4 is 21.3 Å². The highest BCUT2D eigenvalue weighted by atomic mass is 79.9. The molecule has 0 aliphatic rings. The normalized spacial score (nSPS) is 11.0. The van der Waals surface area contributed by atoms with Gasteiger partial charge in [0.15, 0.2) is 16.2 Å². The molecule has 2 heterocycles. The summed E-state index contributed by atoms with van der Waals surface area (Å²) in [7, 11) is 0. The van der Waals surface area contributed by atoms with Crippen molar-refractivity contribution in [3.05, 3.63) is 94.7 Å². The van der Waals surface area contributed by atoms with Crippen molar-refractivity contribution in [1.82, 2.24) is 0 Å². The molecule has 4 aromatic rings. The van der Waals surface area contributed by atoms with Crippen LogP contribution in [0, 0.1) is 6.92 Å². The Bertz CT molecular complexity index is 1520. The second-order valence-electron chi connectivity index (χ2n) is 11.8. The first-order valence-corrected chi connectivity index (χ1v) is 14.9. The number of anilines is 4. The largest absolute Gasteiger partial charge is 0.456 e. The van der Waals surface area contributed by atoms with Gasteiger partial charge in [-0.25, -0.2) is 9.59 Å². The van der Waals surface area contributed by atoms with Crippen molar-refractivity contribution in [2.45, 2.75) is 59.7 Å². The molecule has 0 radical (unpaired) electrons. The number of carbonyl (C=O) groups excluding carboxylic acids is 4. The summed E-state index contributed by atoms with van der Waals surface area (Å²) in [5.41, 5.74) is 1.20. The topological polar surface area (TPSA) is 161 Å². The number of ether oxygens (including phenoxy) is 2. The van der Waals surface area contributed by atoms with Crippen LogP contribution in [0.4, 0.5) is 32.3 Å². The number of nitrogens with one attached hydrogen (secondary N) is 4. The number of halogens is 1. The van der Waals surface area contributed by atoms with E-state index in [0.717, 1.165) is 0 Å². The lowest BCUT2D eigenvalue weighted by Gasteiger charge is -2.19. The third-order valence-corrected chi connectivity index (χ3v) is 5.76. The van der Waals surface area contributed by atoms with Gasteiger partial charge in [0.1, 0.15) is 17.0 Å². The van der Waals surface area contributed by atoms with Gasteiger partial charge in [0.25, 0.3) is 11.8 Å². The van der Waals surface area contributed by atoms with E-state index in [0.29, 0.717) is 33.2 Å². The van der Waals surface area contributed by atoms with Crippen LogP contribution >= 0.6 is 15.9 Å². The van der Waals surface area contributed by atoms with Crippen LogP contribution in [0.5, 0.6) is 0 Å². The molecule has 13 heteroatoms. The first-order valence-electron chi connectivity index (χ1n) is 14.1. The van der Waals surface area contributed by atoms with Gasteiger partial charge in [-0.1, -0.05) is 0 Å². The molecule has 46 heavy (non-hydrogen) atoms. The fourth-order valence-corrected chi connectivity index (χ4v) is 3.80. The second kappa shape index (κ2) is 15.3. The Morgan fingerprint density at radius 3 is 1.20 bits per heavy atom. The summed E-state index contributed by atoms with van der Waals surface area (Å²) in [4.78, 5) is 47.2. The molecule has 2 aromatic carbocycles. The van der Waals surface area contributed by atoms with Gasteiger partial charge in [0.05, 0.1) is 0 Å². The highest BCUT2D eigenvalue weighted by Crippen LogP contribution is 2.19. The zero-order valence-electron chi connectivity index (χ0n) is 26.6. The monoisotopic (exact) mass is 696 g/mol. The average molecular weight is 698 g/mol. The summed E-state index contributed by atoms with van der Waals surface area (Å²) in [6, 6.07) is 19.9. The van der Waals surface area contributed by atoms with Crippen LogP contribution in [-0.4, -0.2) is 35.2 Å². The van der Waals surface area contributed by atoms with Crippen molar-refractivity contribution in [3.8, 4) is 0 Å². The Morgan fingerprint density at radius 2 is 0.891 bits per heavy atom. The zero-order valence-corrected chi connectivity index (χ0v) is 28.2. The van der Waals surface area contributed by atoms with Crippen LogP contribution in [0.3, 0.4) is 0 Å². The van der Waals surface area contributed by atoms with Crippen molar-refractivity contribution in [2.24, 2.45) is 0 Å². The lowest BCUT2D eigenvalue weighted by Crippen LogP contribution is -2.27. The number of amides is 4. The van der Waals surface area contributed by atoms with Gasteiger partial charge in [-0.3, -0.25) is 20.2 Å². The average Bonchev–Trinajstić information content (AvgIpc) is 3.57. The van der Waals surface area contributed by atoms with E-state index in [1.807, 2.05) is 0 Å². The molecule has 0 saturated carbocycles. The minimum Gasteiger partial charge on any atom is -0.456 e. The van der Waals surface area contributed by atoms with Gasteiger partial charge in [0.2, 0.25) is 0 Å². The molecule has 0 unspecified atom stereocenters. The maximum atomic E-state index is 12.0. The lowest BCUT2D eigenvalue weighted by atomic mass is 10.2. The molecule has 0 fully saturated rings. The van der Waals surface area contributed by atoms with Crippen LogP contribution in [0.1, 0.15) is 68.4 Å². The predicted molar refractivity (Wildman–Crippen MR) is 178 cm³/mol. The van der Waals surface area contributed by atoms with E-state index >= 15 is 0 Å². The Labute approximate surface area is 275 Å². The van der Waals surface area contributed by atoms with Crippen LogP contribution in [-0.2, 0) is 9.47 Å². The van der Waals surface area contributed by atoms with Gasteiger partial charge in [-0.15, -0.1) is 0 Å². The third-order valence-electron chi connectivity index (χ3n) is 5.34. The SMILES string of the molecule is CC(C)(C)OC(=O)Nc1ccc(NC(=O)c2ccc(Br)o2)cc1.Cc1ccc(C(=O)Nc2ccc(NC(=O)OC(C)(C)C)cc2)o1. The summed E-state index contributed by atoms with van der Waals surface area (Å²) in [6.07, 6.45) is -1.06. The molecule has 0 bridgehead atoms.